The fourth-order valence-electron chi connectivity index (χ4n) is 2.14. The van der Waals surface area contributed by atoms with E-state index in [4.69, 9.17) is 0 Å². The van der Waals surface area contributed by atoms with Crippen molar-refractivity contribution in [2.24, 2.45) is 0 Å². The lowest BCUT2D eigenvalue weighted by atomic mass is 10.1. The minimum absolute atomic E-state index is 0.139. The quantitative estimate of drug-likeness (QED) is 0.789. The molecule has 4 nitrogen and oxygen atoms in total. The smallest absolute Gasteiger partial charge is 0.180 e. The Morgan fingerprint density at radius 2 is 2.11 bits per heavy atom. The standard InChI is InChI=1S/C14H19N3OS/c1-5-11-7-12(17(6-2)16-11)8-13(18)14-9(3)15-10(4)19-14/h7H,5-6,8H2,1-4H3. The molecule has 0 saturated carbocycles. The molecule has 2 aromatic rings. The van der Waals surface area contributed by atoms with Crippen molar-refractivity contribution in [1.29, 1.82) is 0 Å². The van der Waals surface area contributed by atoms with E-state index in [1.54, 1.807) is 0 Å². The van der Waals surface area contributed by atoms with Gasteiger partial charge in [0, 0.05) is 12.2 Å². The fourth-order valence-corrected chi connectivity index (χ4v) is 3.00. The second-order valence-corrected chi connectivity index (χ2v) is 5.75. The van der Waals surface area contributed by atoms with Crippen molar-refractivity contribution >= 4 is 17.1 Å². The lowest BCUT2D eigenvalue weighted by Crippen LogP contribution is -2.09. The van der Waals surface area contributed by atoms with Crippen LogP contribution < -0.4 is 0 Å². The maximum atomic E-state index is 12.3. The summed E-state index contributed by atoms with van der Waals surface area (Å²) in [6.07, 6.45) is 1.30. The van der Waals surface area contributed by atoms with Gasteiger partial charge in [0.1, 0.15) is 0 Å². The van der Waals surface area contributed by atoms with E-state index >= 15 is 0 Å². The summed E-state index contributed by atoms with van der Waals surface area (Å²) < 4.78 is 1.92. The van der Waals surface area contributed by atoms with Gasteiger partial charge in [0.25, 0.3) is 0 Å². The van der Waals surface area contributed by atoms with Crippen LogP contribution in [-0.4, -0.2) is 20.5 Å². The average Bonchev–Trinajstić information content (AvgIpc) is 2.92. The summed E-state index contributed by atoms with van der Waals surface area (Å²) in [5, 5.41) is 5.42. The van der Waals surface area contributed by atoms with Gasteiger partial charge in [-0.25, -0.2) is 4.98 Å². The van der Waals surface area contributed by atoms with Crippen LogP contribution >= 0.6 is 11.3 Å². The lowest BCUT2D eigenvalue weighted by Gasteiger charge is -2.03. The molecule has 0 unspecified atom stereocenters. The van der Waals surface area contributed by atoms with Crippen molar-refractivity contribution in [2.45, 2.75) is 47.1 Å². The number of aromatic nitrogens is 3. The molecule has 0 aliphatic carbocycles. The van der Waals surface area contributed by atoms with E-state index in [1.807, 2.05) is 31.5 Å². The number of carbonyl (C=O) groups excluding carboxylic acids is 1. The van der Waals surface area contributed by atoms with E-state index in [1.165, 1.54) is 11.3 Å². The first kappa shape index (κ1) is 13.9. The van der Waals surface area contributed by atoms with Gasteiger partial charge in [0.2, 0.25) is 0 Å². The Labute approximate surface area is 117 Å². The zero-order chi connectivity index (χ0) is 14.0. The molecule has 19 heavy (non-hydrogen) atoms. The second kappa shape index (κ2) is 5.65. The molecule has 0 aliphatic heterocycles. The van der Waals surface area contributed by atoms with Crippen molar-refractivity contribution in [2.75, 3.05) is 0 Å². The van der Waals surface area contributed by atoms with Crippen molar-refractivity contribution in [1.82, 2.24) is 14.8 Å². The number of hydrogen-bond acceptors (Lipinski definition) is 4. The van der Waals surface area contributed by atoms with Gasteiger partial charge in [-0.1, -0.05) is 6.92 Å². The van der Waals surface area contributed by atoms with Crippen LogP contribution in [-0.2, 0) is 19.4 Å². The van der Waals surface area contributed by atoms with E-state index in [2.05, 4.69) is 17.0 Å². The molecule has 0 amide bonds. The molecular formula is C14H19N3OS. The molecule has 2 rings (SSSR count). The molecule has 0 aromatic carbocycles. The number of aryl methyl sites for hydroxylation is 4. The second-order valence-electron chi connectivity index (χ2n) is 4.54. The summed E-state index contributed by atoms with van der Waals surface area (Å²) >= 11 is 1.48. The molecule has 2 aromatic heterocycles. The van der Waals surface area contributed by atoms with Gasteiger partial charge in [0.05, 0.1) is 27.7 Å². The Kier molecular flexibility index (Phi) is 4.14. The molecule has 102 valence electrons. The third-order valence-electron chi connectivity index (χ3n) is 3.07. The summed E-state index contributed by atoms with van der Waals surface area (Å²) in [6.45, 7) is 8.74. The topological polar surface area (TPSA) is 47.8 Å². The maximum absolute atomic E-state index is 12.3. The third-order valence-corrected chi connectivity index (χ3v) is 4.19. The highest BCUT2D eigenvalue weighted by Crippen LogP contribution is 2.20. The van der Waals surface area contributed by atoms with E-state index < -0.39 is 0 Å². The zero-order valence-electron chi connectivity index (χ0n) is 11.9. The lowest BCUT2D eigenvalue weighted by molar-refractivity contribution is 0.0993. The predicted octanol–water partition coefficient (Wildman–Crippen LogP) is 2.96. The highest BCUT2D eigenvalue weighted by atomic mass is 32.1. The monoisotopic (exact) mass is 277 g/mol. The van der Waals surface area contributed by atoms with Gasteiger partial charge in [-0.05, 0) is 33.3 Å². The van der Waals surface area contributed by atoms with Crippen LogP contribution in [0.15, 0.2) is 6.07 Å². The van der Waals surface area contributed by atoms with E-state index in [0.29, 0.717) is 6.42 Å². The molecule has 0 N–H and O–H groups in total. The number of carbonyl (C=O) groups is 1. The SMILES string of the molecule is CCc1cc(CC(=O)c2sc(C)nc2C)n(CC)n1. The van der Waals surface area contributed by atoms with Gasteiger partial charge in [-0.2, -0.15) is 5.10 Å². The number of thiazole rings is 1. The Balaban J connectivity index is 2.23. The Bertz CT molecular complexity index is 598. The number of nitrogens with zero attached hydrogens (tertiary/aromatic N) is 3. The molecule has 0 atom stereocenters. The van der Waals surface area contributed by atoms with Crippen LogP contribution in [0.3, 0.4) is 0 Å². The maximum Gasteiger partial charge on any atom is 0.180 e. The van der Waals surface area contributed by atoms with Crippen LogP contribution in [0, 0.1) is 13.8 Å². The summed E-state index contributed by atoms with van der Waals surface area (Å²) in [4.78, 5) is 17.4. The molecule has 2 heterocycles. The summed E-state index contributed by atoms with van der Waals surface area (Å²) in [5.74, 6) is 0.139. The average molecular weight is 277 g/mol. The normalized spacial score (nSPS) is 10.9. The van der Waals surface area contributed by atoms with Crippen LogP contribution in [0.2, 0.25) is 0 Å². The first-order valence-corrected chi connectivity index (χ1v) is 7.39. The van der Waals surface area contributed by atoms with Gasteiger partial charge in [0.15, 0.2) is 5.78 Å². The number of Topliss-reactive ketones (excluding diaryl/α,β-unsaturated/α-hetero) is 1. The van der Waals surface area contributed by atoms with Crippen LogP contribution in [0.25, 0.3) is 0 Å². The van der Waals surface area contributed by atoms with Gasteiger partial charge in [-0.3, -0.25) is 9.48 Å². The van der Waals surface area contributed by atoms with Crippen molar-refractivity contribution in [3.63, 3.8) is 0 Å². The third kappa shape index (κ3) is 2.92. The number of ketones is 1. The molecule has 0 saturated heterocycles. The van der Waals surface area contributed by atoms with Crippen LogP contribution in [0.1, 0.15) is 45.6 Å². The van der Waals surface area contributed by atoms with Crippen molar-refractivity contribution in [3.05, 3.63) is 33.0 Å². The minimum Gasteiger partial charge on any atom is -0.293 e. The summed E-state index contributed by atoms with van der Waals surface area (Å²) in [7, 11) is 0. The first-order valence-electron chi connectivity index (χ1n) is 6.58. The highest BCUT2D eigenvalue weighted by Gasteiger charge is 2.17. The van der Waals surface area contributed by atoms with Crippen LogP contribution in [0.5, 0.6) is 0 Å². The highest BCUT2D eigenvalue weighted by molar-refractivity contribution is 7.13. The summed E-state index contributed by atoms with van der Waals surface area (Å²) in [6, 6.07) is 2.03. The van der Waals surface area contributed by atoms with Crippen LogP contribution in [0.4, 0.5) is 0 Å². The van der Waals surface area contributed by atoms with Gasteiger partial charge >= 0.3 is 0 Å². The van der Waals surface area contributed by atoms with Crippen molar-refractivity contribution in [3.8, 4) is 0 Å². The molecular weight excluding hydrogens is 258 g/mol. The zero-order valence-corrected chi connectivity index (χ0v) is 12.7. The molecule has 0 spiro atoms. The summed E-state index contributed by atoms with van der Waals surface area (Å²) in [5.41, 5.74) is 2.88. The molecule has 0 aliphatic rings. The largest absolute Gasteiger partial charge is 0.293 e. The van der Waals surface area contributed by atoms with Crippen molar-refractivity contribution < 1.29 is 4.79 Å². The molecule has 5 heteroatoms. The van der Waals surface area contributed by atoms with E-state index in [-0.39, 0.29) is 5.78 Å². The van der Waals surface area contributed by atoms with Gasteiger partial charge < -0.3 is 0 Å². The Morgan fingerprint density at radius 3 is 2.63 bits per heavy atom. The number of rotatable bonds is 5. The molecule has 0 bridgehead atoms. The van der Waals surface area contributed by atoms with E-state index in [0.717, 1.165) is 39.9 Å². The Morgan fingerprint density at radius 1 is 1.37 bits per heavy atom. The predicted molar refractivity (Wildman–Crippen MR) is 76.9 cm³/mol. The van der Waals surface area contributed by atoms with E-state index in [9.17, 15) is 4.79 Å². The first-order chi connectivity index (χ1) is 9.05. The molecule has 0 radical (unpaired) electrons. The van der Waals surface area contributed by atoms with Gasteiger partial charge in [-0.15, -0.1) is 11.3 Å². The minimum atomic E-state index is 0.139. The fraction of sp³-hybridized carbons (Fsp3) is 0.500. The Hall–Kier alpha value is -1.49. The molecule has 0 fully saturated rings. The number of hydrogen-bond donors (Lipinski definition) is 0.